The van der Waals surface area contributed by atoms with Crippen LogP contribution in [0.2, 0.25) is 0 Å². The second kappa shape index (κ2) is 6.11. The molecule has 1 aliphatic carbocycles. The number of likely N-dealkylation sites (N-methyl/N-ethyl adjacent to an activating group) is 1. The lowest BCUT2D eigenvalue weighted by Crippen LogP contribution is -2.43. The highest BCUT2D eigenvalue weighted by molar-refractivity contribution is 5.80. The number of carbonyl (C=O) groups is 1. The van der Waals surface area contributed by atoms with Crippen LogP contribution in [0.5, 0.6) is 0 Å². The molecule has 0 aliphatic heterocycles. The van der Waals surface area contributed by atoms with Gasteiger partial charge in [-0.05, 0) is 32.2 Å². The van der Waals surface area contributed by atoms with Gasteiger partial charge < -0.3 is 10.2 Å². The first-order valence-corrected chi connectivity index (χ1v) is 6.06. The molecule has 0 bridgehead atoms. The van der Waals surface area contributed by atoms with Crippen molar-refractivity contribution in [3.8, 4) is 0 Å². The van der Waals surface area contributed by atoms with Gasteiger partial charge in [0.05, 0.1) is 6.04 Å². The number of nitrogens with one attached hydrogen (secondary N) is 1. The monoisotopic (exact) mass is 212 g/mol. The van der Waals surface area contributed by atoms with Crippen molar-refractivity contribution < 1.29 is 4.79 Å². The van der Waals surface area contributed by atoms with Crippen LogP contribution in [0, 0.1) is 5.92 Å². The number of nitrogens with zero attached hydrogens (tertiary/aromatic N) is 1. The highest BCUT2D eigenvalue weighted by Gasteiger charge is 2.17. The van der Waals surface area contributed by atoms with E-state index < -0.39 is 0 Å². The fraction of sp³-hybridized carbons (Fsp3) is 0.917. The van der Waals surface area contributed by atoms with Gasteiger partial charge in [-0.1, -0.05) is 19.3 Å². The molecule has 3 nitrogen and oxygen atoms in total. The van der Waals surface area contributed by atoms with E-state index in [0.29, 0.717) is 0 Å². The summed E-state index contributed by atoms with van der Waals surface area (Å²) in [6.45, 7) is 2.95. The van der Waals surface area contributed by atoms with Crippen LogP contribution in [0.15, 0.2) is 0 Å². The average molecular weight is 212 g/mol. The Bertz CT molecular complexity index is 198. The predicted molar refractivity (Wildman–Crippen MR) is 62.7 cm³/mol. The number of amides is 1. The zero-order chi connectivity index (χ0) is 11.3. The molecule has 3 heteroatoms. The topological polar surface area (TPSA) is 32.3 Å². The minimum atomic E-state index is -0.0399. The molecule has 0 spiro atoms. The Morgan fingerprint density at radius 2 is 1.93 bits per heavy atom. The van der Waals surface area contributed by atoms with Gasteiger partial charge in [0.15, 0.2) is 0 Å². The molecule has 1 atom stereocenters. The van der Waals surface area contributed by atoms with Gasteiger partial charge >= 0.3 is 0 Å². The van der Waals surface area contributed by atoms with E-state index in [9.17, 15) is 4.79 Å². The lowest BCUT2D eigenvalue weighted by Gasteiger charge is -2.24. The van der Waals surface area contributed by atoms with E-state index in [-0.39, 0.29) is 11.9 Å². The molecule has 15 heavy (non-hydrogen) atoms. The number of rotatable bonds is 4. The van der Waals surface area contributed by atoms with Gasteiger partial charge in [-0.15, -0.1) is 0 Å². The molecular weight excluding hydrogens is 188 g/mol. The molecule has 1 rings (SSSR count). The Balaban J connectivity index is 2.20. The van der Waals surface area contributed by atoms with Gasteiger partial charge in [0.1, 0.15) is 0 Å². The van der Waals surface area contributed by atoms with Crippen LogP contribution < -0.4 is 5.32 Å². The van der Waals surface area contributed by atoms with Crippen LogP contribution in [0.1, 0.15) is 39.0 Å². The molecule has 0 saturated heterocycles. The molecule has 1 N–H and O–H groups in total. The lowest BCUT2D eigenvalue weighted by atomic mass is 9.89. The third-order valence-corrected chi connectivity index (χ3v) is 3.25. The highest BCUT2D eigenvalue weighted by atomic mass is 16.2. The molecule has 0 unspecified atom stereocenters. The minimum Gasteiger partial charge on any atom is -0.347 e. The Hall–Kier alpha value is -0.570. The smallest absolute Gasteiger partial charge is 0.238 e. The van der Waals surface area contributed by atoms with Crippen LogP contribution in [-0.2, 0) is 4.79 Å². The van der Waals surface area contributed by atoms with Crippen molar-refractivity contribution >= 4 is 5.91 Å². The number of hydrogen-bond acceptors (Lipinski definition) is 2. The normalized spacial score (nSPS) is 19.9. The summed E-state index contributed by atoms with van der Waals surface area (Å²) in [5.41, 5.74) is 0. The van der Waals surface area contributed by atoms with E-state index in [4.69, 9.17) is 0 Å². The van der Waals surface area contributed by atoms with Gasteiger partial charge in [0, 0.05) is 14.1 Å². The fourth-order valence-corrected chi connectivity index (χ4v) is 2.21. The van der Waals surface area contributed by atoms with Crippen LogP contribution in [0.25, 0.3) is 0 Å². The molecule has 0 radical (unpaired) electrons. The SMILES string of the molecule is C[C@@H](NCC1CCCCC1)C(=O)N(C)C. The van der Waals surface area contributed by atoms with Crippen molar-refractivity contribution in [2.75, 3.05) is 20.6 Å². The average Bonchev–Trinajstić information content (AvgIpc) is 2.26. The van der Waals surface area contributed by atoms with Crippen molar-refractivity contribution in [2.24, 2.45) is 5.92 Å². The zero-order valence-electron chi connectivity index (χ0n) is 10.3. The Morgan fingerprint density at radius 3 is 2.47 bits per heavy atom. The van der Waals surface area contributed by atoms with E-state index >= 15 is 0 Å². The van der Waals surface area contributed by atoms with Crippen molar-refractivity contribution in [3.05, 3.63) is 0 Å². The van der Waals surface area contributed by atoms with Gasteiger partial charge in [0.25, 0.3) is 0 Å². The Morgan fingerprint density at radius 1 is 1.33 bits per heavy atom. The second-order valence-electron chi connectivity index (χ2n) is 4.87. The van der Waals surface area contributed by atoms with Gasteiger partial charge in [-0.25, -0.2) is 0 Å². The van der Waals surface area contributed by atoms with Crippen molar-refractivity contribution in [3.63, 3.8) is 0 Å². The van der Waals surface area contributed by atoms with Crippen molar-refractivity contribution in [1.82, 2.24) is 10.2 Å². The molecule has 1 amide bonds. The molecule has 0 aromatic heterocycles. The molecule has 1 fully saturated rings. The van der Waals surface area contributed by atoms with E-state index in [1.807, 2.05) is 6.92 Å². The molecule has 0 heterocycles. The quantitative estimate of drug-likeness (QED) is 0.768. The largest absolute Gasteiger partial charge is 0.347 e. The van der Waals surface area contributed by atoms with Crippen molar-refractivity contribution in [2.45, 2.75) is 45.1 Å². The summed E-state index contributed by atoms with van der Waals surface area (Å²) in [7, 11) is 3.61. The standard InChI is InChI=1S/C12H24N2O/c1-10(12(15)14(2)3)13-9-11-7-5-4-6-8-11/h10-11,13H,4-9H2,1-3H3/t10-/m1/s1. The van der Waals surface area contributed by atoms with Crippen LogP contribution in [0.3, 0.4) is 0 Å². The minimum absolute atomic E-state index is 0.0399. The lowest BCUT2D eigenvalue weighted by molar-refractivity contribution is -0.130. The summed E-state index contributed by atoms with van der Waals surface area (Å²) in [6, 6.07) is -0.0399. The highest BCUT2D eigenvalue weighted by Crippen LogP contribution is 2.22. The van der Waals surface area contributed by atoms with E-state index in [1.165, 1.54) is 32.1 Å². The van der Waals surface area contributed by atoms with Gasteiger partial charge in [-0.2, -0.15) is 0 Å². The predicted octanol–water partition coefficient (Wildman–Crippen LogP) is 1.63. The van der Waals surface area contributed by atoms with Crippen LogP contribution in [0.4, 0.5) is 0 Å². The summed E-state index contributed by atoms with van der Waals surface area (Å²) in [4.78, 5) is 13.2. The van der Waals surface area contributed by atoms with E-state index in [1.54, 1.807) is 19.0 Å². The van der Waals surface area contributed by atoms with Crippen LogP contribution in [-0.4, -0.2) is 37.5 Å². The second-order valence-corrected chi connectivity index (χ2v) is 4.87. The molecule has 1 saturated carbocycles. The summed E-state index contributed by atoms with van der Waals surface area (Å²) in [6.07, 6.45) is 6.78. The zero-order valence-corrected chi connectivity index (χ0v) is 10.3. The first kappa shape index (κ1) is 12.5. The summed E-state index contributed by atoms with van der Waals surface area (Å²) in [5.74, 6) is 0.960. The number of carbonyl (C=O) groups excluding carboxylic acids is 1. The summed E-state index contributed by atoms with van der Waals surface area (Å²) >= 11 is 0. The van der Waals surface area contributed by atoms with E-state index in [2.05, 4.69) is 5.32 Å². The maximum absolute atomic E-state index is 11.6. The first-order valence-electron chi connectivity index (χ1n) is 6.06. The van der Waals surface area contributed by atoms with Gasteiger partial charge in [0.2, 0.25) is 5.91 Å². The maximum Gasteiger partial charge on any atom is 0.238 e. The summed E-state index contributed by atoms with van der Waals surface area (Å²) < 4.78 is 0. The third-order valence-electron chi connectivity index (χ3n) is 3.25. The maximum atomic E-state index is 11.6. The molecule has 0 aromatic carbocycles. The first-order chi connectivity index (χ1) is 7.11. The molecule has 88 valence electrons. The molecular formula is C12H24N2O. The van der Waals surface area contributed by atoms with Crippen LogP contribution >= 0.6 is 0 Å². The van der Waals surface area contributed by atoms with Gasteiger partial charge in [-0.3, -0.25) is 4.79 Å². The van der Waals surface area contributed by atoms with E-state index in [0.717, 1.165) is 12.5 Å². The molecule has 1 aliphatic rings. The third kappa shape index (κ3) is 4.20. The van der Waals surface area contributed by atoms with Crippen molar-refractivity contribution in [1.29, 1.82) is 0 Å². The summed E-state index contributed by atoms with van der Waals surface area (Å²) in [5, 5.41) is 3.34. The Labute approximate surface area is 93.2 Å². The molecule has 0 aromatic rings. The fourth-order valence-electron chi connectivity index (χ4n) is 2.21. The Kier molecular flexibility index (Phi) is 5.09. The number of hydrogen-bond donors (Lipinski definition) is 1.